The monoisotopic (exact) mass is 486 g/mol. The van der Waals surface area contributed by atoms with Crippen LogP contribution >= 0.6 is 0 Å². The first-order valence-corrected chi connectivity index (χ1v) is 12.5. The second kappa shape index (κ2) is 10.8. The zero-order chi connectivity index (χ0) is 24.1. The minimum atomic E-state index is -4.43. The molecule has 1 aromatic carbocycles. The Labute approximate surface area is 192 Å². The maximum Gasteiger partial charge on any atom is 0.422 e. The summed E-state index contributed by atoms with van der Waals surface area (Å²) in [5.74, 6) is 0.105. The minimum Gasteiger partial charge on any atom is -0.483 e. The molecule has 0 saturated heterocycles. The van der Waals surface area contributed by atoms with E-state index in [1.54, 1.807) is 50.4 Å². The first kappa shape index (κ1) is 25.5. The molecule has 0 amide bonds. The first-order chi connectivity index (χ1) is 15.5. The average Bonchev–Trinajstić information content (AvgIpc) is 2.77. The number of rotatable bonds is 9. The molecule has 0 radical (unpaired) electrons. The Hall–Kier alpha value is -2.17. The molecule has 0 aliphatic heterocycles. The molecule has 182 valence electrons. The Morgan fingerprint density at radius 3 is 2.52 bits per heavy atom. The number of aromatic nitrogens is 1. The van der Waals surface area contributed by atoms with Crippen molar-refractivity contribution in [1.82, 2.24) is 9.71 Å². The zero-order valence-electron chi connectivity index (χ0n) is 18.6. The molecule has 2 aromatic rings. The van der Waals surface area contributed by atoms with Crippen LogP contribution in [-0.4, -0.2) is 43.6 Å². The van der Waals surface area contributed by atoms with Crippen molar-refractivity contribution in [3.63, 3.8) is 0 Å². The number of pyridine rings is 1. The number of para-hydroxylation sites is 1. The Morgan fingerprint density at radius 2 is 1.85 bits per heavy atom. The van der Waals surface area contributed by atoms with E-state index in [1.807, 2.05) is 0 Å². The van der Waals surface area contributed by atoms with Crippen molar-refractivity contribution in [3.05, 3.63) is 48.2 Å². The van der Waals surface area contributed by atoms with Crippen LogP contribution in [0, 0.1) is 0 Å². The topological polar surface area (TPSA) is 77.5 Å². The highest BCUT2D eigenvalue weighted by Crippen LogP contribution is 2.30. The summed E-state index contributed by atoms with van der Waals surface area (Å²) in [6.45, 7) is 2.16. The Kier molecular flexibility index (Phi) is 8.36. The fourth-order valence-electron chi connectivity index (χ4n) is 3.61. The second-order valence-electron chi connectivity index (χ2n) is 8.40. The summed E-state index contributed by atoms with van der Waals surface area (Å²) < 4.78 is 75.9. The molecule has 6 nitrogen and oxygen atoms in total. The summed E-state index contributed by atoms with van der Waals surface area (Å²) in [5.41, 5.74) is 1.73. The lowest BCUT2D eigenvalue weighted by Crippen LogP contribution is -2.48. The molecule has 1 aromatic heterocycles. The van der Waals surface area contributed by atoms with Gasteiger partial charge in [-0.15, -0.1) is 0 Å². The molecular weight excluding hydrogens is 457 g/mol. The second-order valence-corrected chi connectivity index (χ2v) is 10.7. The van der Waals surface area contributed by atoms with Gasteiger partial charge in [0, 0.05) is 17.8 Å². The third kappa shape index (κ3) is 7.41. The molecule has 1 aliphatic carbocycles. The van der Waals surface area contributed by atoms with Crippen LogP contribution in [0.1, 0.15) is 45.1 Å². The van der Waals surface area contributed by atoms with Gasteiger partial charge in [0.15, 0.2) is 6.61 Å². The number of hydrogen-bond acceptors (Lipinski definition) is 5. The van der Waals surface area contributed by atoms with Gasteiger partial charge in [-0.05, 0) is 50.5 Å². The normalized spacial score (nSPS) is 19.6. The van der Waals surface area contributed by atoms with Crippen LogP contribution in [0.5, 0.6) is 5.75 Å². The standard InChI is InChI=1S/C23H29F3N2O4S/c1-16(2)33(29,30)28-20-8-4-6-10-22(20)31-14-17-11-12-19(27-13-17)18-7-3-5-9-21(18)32-15-23(24,25)26/h3,5,7,9,11-13,16,20,22,28H,4,6,8,10,14-15H2,1-2H3. The lowest BCUT2D eigenvalue weighted by molar-refractivity contribution is -0.153. The van der Waals surface area contributed by atoms with Crippen molar-refractivity contribution in [2.24, 2.45) is 0 Å². The highest BCUT2D eigenvalue weighted by molar-refractivity contribution is 7.90. The Morgan fingerprint density at radius 1 is 1.12 bits per heavy atom. The number of sulfonamides is 1. The lowest BCUT2D eigenvalue weighted by Gasteiger charge is -2.32. The number of hydrogen-bond donors (Lipinski definition) is 1. The van der Waals surface area contributed by atoms with Crippen LogP contribution in [0.4, 0.5) is 13.2 Å². The molecule has 10 heteroatoms. The van der Waals surface area contributed by atoms with Crippen molar-refractivity contribution in [2.75, 3.05) is 6.61 Å². The van der Waals surface area contributed by atoms with Crippen LogP contribution in [0.25, 0.3) is 11.3 Å². The number of nitrogens with one attached hydrogen (secondary N) is 1. The summed E-state index contributed by atoms with van der Waals surface area (Å²) in [5, 5.41) is -0.514. The molecule has 3 rings (SSSR count). The van der Waals surface area contributed by atoms with E-state index >= 15 is 0 Å². The molecule has 2 atom stereocenters. The van der Waals surface area contributed by atoms with Gasteiger partial charge >= 0.3 is 6.18 Å². The summed E-state index contributed by atoms with van der Waals surface area (Å²) in [7, 11) is -3.39. The average molecular weight is 487 g/mol. The number of nitrogens with zero attached hydrogens (tertiary/aromatic N) is 1. The van der Waals surface area contributed by atoms with Gasteiger partial charge in [-0.2, -0.15) is 13.2 Å². The van der Waals surface area contributed by atoms with Crippen molar-refractivity contribution in [3.8, 4) is 17.0 Å². The third-order valence-electron chi connectivity index (χ3n) is 5.48. The van der Waals surface area contributed by atoms with Crippen molar-refractivity contribution in [1.29, 1.82) is 0 Å². The van der Waals surface area contributed by atoms with Gasteiger partial charge in [-0.25, -0.2) is 13.1 Å². The smallest absolute Gasteiger partial charge is 0.422 e. The van der Waals surface area contributed by atoms with E-state index in [4.69, 9.17) is 9.47 Å². The molecule has 0 bridgehead atoms. The molecule has 33 heavy (non-hydrogen) atoms. The summed E-state index contributed by atoms with van der Waals surface area (Å²) in [4.78, 5) is 4.37. The van der Waals surface area contributed by atoms with Crippen molar-refractivity contribution in [2.45, 2.75) is 69.7 Å². The number of alkyl halides is 3. The number of halogens is 3. The largest absolute Gasteiger partial charge is 0.483 e. The molecule has 1 N–H and O–H groups in total. The molecule has 1 fully saturated rings. The fraction of sp³-hybridized carbons (Fsp3) is 0.522. The predicted molar refractivity (Wildman–Crippen MR) is 119 cm³/mol. The van der Waals surface area contributed by atoms with E-state index in [0.29, 0.717) is 11.3 Å². The number of benzene rings is 1. The molecule has 2 unspecified atom stereocenters. The first-order valence-electron chi connectivity index (χ1n) is 10.9. The quantitative estimate of drug-likeness (QED) is 0.549. The van der Waals surface area contributed by atoms with Crippen LogP contribution in [0.3, 0.4) is 0 Å². The lowest BCUT2D eigenvalue weighted by atomic mass is 9.93. The summed E-state index contributed by atoms with van der Waals surface area (Å²) in [6, 6.07) is 9.66. The van der Waals surface area contributed by atoms with E-state index in [2.05, 4.69) is 9.71 Å². The molecule has 1 saturated carbocycles. The molecule has 1 aliphatic rings. The Balaban J connectivity index is 1.64. The van der Waals surface area contributed by atoms with Crippen LogP contribution < -0.4 is 9.46 Å². The molecule has 0 spiro atoms. The highest BCUT2D eigenvalue weighted by Gasteiger charge is 2.31. The van der Waals surface area contributed by atoms with Crippen molar-refractivity contribution < 1.29 is 31.1 Å². The summed E-state index contributed by atoms with van der Waals surface area (Å²) >= 11 is 0. The van der Waals surface area contributed by atoms with E-state index in [1.165, 1.54) is 6.07 Å². The van der Waals surface area contributed by atoms with Gasteiger partial charge < -0.3 is 9.47 Å². The predicted octanol–water partition coefficient (Wildman–Crippen LogP) is 4.85. The van der Waals surface area contributed by atoms with Gasteiger partial charge in [0.2, 0.25) is 10.0 Å². The van der Waals surface area contributed by atoms with E-state index in [0.717, 1.165) is 31.2 Å². The van der Waals surface area contributed by atoms with Crippen LogP contribution in [-0.2, 0) is 21.4 Å². The van der Waals surface area contributed by atoms with E-state index in [9.17, 15) is 21.6 Å². The van der Waals surface area contributed by atoms with Crippen LogP contribution in [0.15, 0.2) is 42.6 Å². The fourth-order valence-corrected chi connectivity index (χ4v) is 4.58. The minimum absolute atomic E-state index is 0.105. The van der Waals surface area contributed by atoms with Crippen molar-refractivity contribution >= 4 is 10.0 Å². The van der Waals surface area contributed by atoms with Gasteiger partial charge in [0.05, 0.1) is 23.7 Å². The van der Waals surface area contributed by atoms with Gasteiger partial charge in [0.1, 0.15) is 5.75 Å². The number of ether oxygens (including phenoxy) is 2. The van der Waals surface area contributed by atoms with Gasteiger partial charge in [-0.3, -0.25) is 4.98 Å². The Bertz CT molecular complexity index is 1010. The third-order valence-corrected chi connectivity index (χ3v) is 7.35. The SMILES string of the molecule is CC(C)S(=O)(=O)NC1CCCCC1OCc1ccc(-c2ccccc2OCC(F)(F)F)nc1. The summed E-state index contributed by atoms with van der Waals surface area (Å²) in [6.07, 6.45) is 0.341. The van der Waals surface area contributed by atoms with E-state index in [-0.39, 0.29) is 24.5 Å². The maximum atomic E-state index is 12.5. The zero-order valence-corrected chi connectivity index (χ0v) is 19.5. The molecule has 1 heterocycles. The van der Waals surface area contributed by atoms with Crippen LogP contribution in [0.2, 0.25) is 0 Å². The maximum absolute atomic E-state index is 12.5. The van der Waals surface area contributed by atoms with Gasteiger partial charge in [-0.1, -0.05) is 31.0 Å². The highest BCUT2D eigenvalue weighted by atomic mass is 32.2. The molecular formula is C23H29F3N2O4S. The van der Waals surface area contributed by atoms with E-state index < -0.39 is 28.1 Å². The van der Waals surface area contributed by atoms with Gasteiger partial charge in [0.25, 0.3) is 0 Å².